The van der Waals surface area contributed by atoms with Crippen LogP contribution in [-0.2, 0) is 11.3 Å². The number of carbonyl (C=O) groups is 1. The molecule has 0 aliphatic carbocycles. The molecule has 6 heteroatoms. The second-order valence-corrected chi connectivity index (χ2v) is 6.65. The van der Waals surface area contributed by atoms with Gasteiger partial charge < -0.3 is 14.8 Å². The highest BCUT2D eigenvalue weighted by molar-refractivity contribution is 6.31. The molecule has 0 radical (unpaired) electrons. The molecule has 0 unspecified atom stereocenters. The molecule has 3 aromatic rings. The fraction of sp³-hybridized carbons (Fsp3) is 0.0952. The minimum atomic E-state index is -0.262. The van der Waals surface area contributed by atoms with Crippen molar-refractivity contribution >= 4 is 34.8 Å². The summed E-state index contributed by atoms with van der Waals surface area (Å²) < 4.78 is 10.9. The number of ether oxygens (including phenoxy) is 2. The number of methoxy groups -OCH3 is 1. The van der Waals surface area contributed by atoms with Gasteiger partial charge in [0.25, 0.3) is 5.91 Å². The van der Waals surface area contributed by atoms with E-state index in [4.69, 9.17) is 32.7 Å². The summed E-state index contributed by atoms with van der Waals surface area (Å²) in [4.78, 5) is 12.6. The van der Waals surface area contributed by atoms with Crippen LogP contribution in [0.15, 0.2) is 66.7 Å². The Labute approximate surface area is 167 Å². The molecule has 0 fully saturated rings. The second kappa shape index (κ2) is 8.91. The number of hydrogen-bond donors (Lipinski definition) is 1. The third-order valence-corrected chi connectivity index (χ3v) is 4.25. The van der Waals surface area contributed by atoms with Crippen LogP contribution in [0.1, 0.15) is 15.9 Å². The Balaban J connectivity index is 1.79. The van der Waals surface area contributed by atoms with Crippen LogP contribution in [0.25, 0.3) is 0 Å². The van der Waals surface area contributed by atoms with E-state index in [9.17, 15) is 4.79 Å². The van der Waals surface area contributed by atoms with Crippen molar-refractivity contribution in [2.45, 2.75) is 6.61 Å². The average molecular weight is 402 g/mol. The van der Waals surface area contributed by atoms with Crippen LogP contribution < -0.4 is 10.1 Å². The molecule has 0 atom stereocenters. The van der Waals surface area contributed by atoms with Crippen molar-refractivity contribution in [1.82, 2.24) is 0 Å². The van der Waals surface area contributed by atoms with Gasteiger partial charge in [-0.2, -0.15) is 0 Å². The van der Waals surface area contributed by atoms with Crippen molar-refractivity contribution in [1.29, 1.82) is 0 Å². The quantitative estimate of drug-likeness (QED) is 0.535. The average Bonchev–Trinajstić information content (AvgIpc) is 2.66. The Morgan fingerprint density at radius 2 is 1.59 bits per heavy atom. The number of rotatable bonds is 6. The molecule has 3 aromatic carbocycles. The molecule has 4 nitrogen and oxygen atoms in total. The molecule has 138 valence electrons. The summed E-state index contributed by atoms with van der Waals surface area (Å²) in [5.41, 5.74) is 1.99. The molecular weight excluding hydrogens is 385 g/mol. The maximum absolute atomic E-state index is 12.6. The summed E-state index contributed by atoms with van der Waals surface area (Å²) in [5.74, 6) is 0.814. The molecule has 3 rings (SSSR count). The zero-order chi connectivity index (χ0) is 19.2. The van der Waals surface area contributed by atoms with Crippen molar-refractivity contribution in [2.24, 2.45) is 0 Å². The van der Waals surface area contributed by atoms with Gasteiger partial charge in [0.15, 0.2) is 5.75 Å². The maximum Gasteiger partial charge on any atom is 0.255 e. The van der Waals surface area contributed by atoms with Gasteiger partial charge in [-0.15, -0.1) is 0 Å². The Hall–Kier alpha value is -2.53. The lowest BCUT2D eigenvalue weighted by molar-refractivity contribution is 0.102. The van der Waals surface area contributed by atoms with E-state index in [1.807, 2.05) is 12.1 Å². The van der Waals surface area contributed by atoms with E-state index in [2.05, 4.69) is 5.32 Å². The van der Waals surface area contributed by atoms with Crippen molar-refractivity contribution in [3.8, 4) is 11.5 Å². The summed E-state index contributed by atoms with van der Waals surface area (Å²) in [7, 11) is 1.63. The topological polar surface area (TPSA) is 47.6 Å². The summed E-state index contributed by atoms with van der Waals surface area (Å²) in [6.07, 6.45) is 0. The molecule has 0 spiro atoms. The van der Waals surface area contributed by atoms with E-state index in [0.717, 1.165) is 5.56 Å². The lowest BCUT2D eigenvalue weighted by Gasteiger charge is -2.13. The monoisotopic (exact) mass is 401 g/mol. The highest BCUT2D eigenvalue weighted by Crippen LogP contribution is 2.32. The predicted octanol–water partition coefficient (Wildman–Crippen LogP) is 6.18. The Kier molecular flexibility index (Phi) is 6.35. The van der Waals surface area contributed by atoms with Gasteiger partial charge in [-0.05, 0) is 60.2 Å². The number of amides is 1. The summed E-state index contributed by atoms with van der Waals surface area (Å²) in [6.45, 7) is 0.495. The van der Waals surface area contributed by atoms with E-state index in [1.54, 1.807) is 61.7 Å². The Bertz CT molecular complexity index is 925. The van der Waals surface area contributed by atoms with Crippen LogP contribution in [0.3, 0.4) is 0 Å². The first-order chi connectivity index (χ1) is 13.0. The van der Waals surface area contributed by atoms with Gasteiger partial charge in [0.1, 0.15) is 5.75 Å². The van der Waals surface area contributed by atoms with E-state index in [1.165, 1.54) is 0 Å². The molecule has 0 heterocycles. The highest BCUT2D eigenvalue weighted by atomic mass is 35.5. The van der Waals surface area contributed by atoms with Crippen molar-refractivity contribution < 1.29 is 14.3 Å². The number of benzene rings is 3. The fourth-order valence-corrected chi connectivity index (χ4v) is 2.73. The molecule has 0 saturated carbocycles. The van der Waals surface area contributed by atoms with Crippen LogP contribution in [-0.4, -0.2) is 13.0 Å². The van der Waals surface area contributed by atoms with Gasteiger partial charge in [-0.25, -0.2) is 0 Å². The molecule has 0 saturated heterocycles. The second-order valence-electron chi connectivity index (χ2n) is 5.78. The molecule has 0 bridgehead atoms. The van der Waals surface area contributed by atoms with E-state index in [0.29, 0.717) is 39.4 Å². The van der Waals surface area contributed by atoms with Crippen LogP contribution in [0.5, 0.6) is 11.5 Å². The molecule has 0 aliphatic rings. The summed E-state index contributed by atoms with van der Waals surface area (Å²) >= 11 is 12.0. The minimum absolute atomic E-state index is 0.262. The van der Waals surface area contributed by atoms with Gasteiger partial charge in [-0.1, -0.05) is 35.3 Å². The third kappa shape index (κ3) is 5.23. The normalized spacial score (nSPS) is 10.5. The van der Waals surface area contributed by atoms with E-state index >= 15 is 0 Å². The largest absolute Gasteiger partial charge is 0.455 e. The fourth-order valence-electron chi connectivity index (χ4n) is 2.43. The number of carbonyl (C=O) groups excluding carboxylic acids is 1. The molecule has 0 aromatic heterocycles. The lowest BCUT2D eigenvalue weighted by Crippen LogP contribution is -2.12. The zero-order valence-corrected chi connectivity index (χ0v) is 16.1. The zero-order valence-electron chi connectivity index (χ0n) is 14.5. The lowest BCUT2D eigenvalue weighted by atomic mass is 10.1. The highest BCUT2D eigenvalue weighted by Gasteiger charge is 2.12. The minimum Gasteiger partial charge on any atom is -0.455 e. The number of nitrogens with one attached hydrogen (secondary N) is 1. The first kappa shape index (κ1) is 19.2. The SMILES string of the molecule is COCc1ccc(C(=O)Nc2cc(Cl)ccc2Oc2ccc(Cl)cc2)cc1. The Morgan fingerprint density at radius 3 is 2.26 bits per heavy atom. The summed E-state index contributed by atoms with van der Waals surface area (Å²) in [5, 5.41) is 3.95. The third-order valence-electron chi connectivity index (χ3n) is 3.76. The van der Waals surface area contributed by atoms with Crippen molar-refractivity contribution in [3.63, 3.8) is 0 Å². The first-order valence-corrected chi connectivity index (χ1v) is 8.93. The molecular formula is C21H17Cl2NO3. The standard InChI is InChI=1S/C21H17Cl2NO3/c1-26-13-14-2-4-15(5-3-14)21(25)24-19-12-17(23)8-11-20(19)27-18-9-6-16(22)7-10-18/h2-12H,13H2,1H3,(H,24,25). The van der Waals surface area contributed by atoms with Crippen LogP contribution >= 0.6 is 23.2 Å². The molecule has 0 aliphatic heterocycles. The summed E-state index contributed by atoms with van der Waals surface area (Å²) in [6, 6.07) is 19.2. The van der Waals surface area contributed by atoms with Crippen LogP contribution in [0.2, 0.25) is 10.0 Å². The predicted molar refractivity (Wildman–Crippen MR) is 108 cm³/mol. The number of anilines is 1. The number of halogens is 2. The van der Waals surface area contributed by atoms with Crippen molar-refractivity contribution in [2.75, 3.05) is 12.4 Å². The van der Waals surface area contributed by atoms with Gasteiger partial charge in [0.2, 0.25) is 0 Å². The van der Waals surface area contributed by atoms with Gasteiger partial charge in [-0.3, -0.25) is 4.79 Å². The van der Waals surface area contributed by atoms with E-state index in [-0.39, 0.29) is 5.91 Å². The van der Waals surface area contributed by atoms with E-state index < -0.39 is 0 Å². The van der Waals surface area contributed by atoms with Crippen molar-refractivity contribution in [3.05, 3.63) is 87.9 Å². The van der Waals surface area contributed by atoms with Gasteiger partial charge >= 0.3 is 0 Å². The van der Waals surface area contributed by atoms with Crippen LogP contribution in [0, 0.1) is 0 Å². The molecule has 1 amide bonds. The van der Waals surface area contributed by atoms with Gasteiger partial charge in [0.05, 0.1) is 12.3 Å². The van der Waals surface area contributed by atoms with Gasteiger partial charge in [0, 0.05) is 22.7 Å². The first-order valence-electron chi connectivity index (χ1n) is 8.17. The molecule has 27 heavy (non-hydrogen) atoms. The smallest absolute Gasteiger partial charge is 0.255 e. The maximum atomic E-state index is 12.6. The van der Waals surface area contributed by atoms with Crippen LogP contribution in [0.4, 0.5) is 5.69 Å². The Morgan fingerprint density at radius 1 is 0.926 bits per heavy atom. The number of hydrogen-bond acceptors (Lipinski definition) is 3. The molecule has 1 N–H and O–H groups in total.